The molecule has 3 nitrogen and oxygen atoms in total. The highest BCUT2D eigenvalue weighted by Gasteiger charge is 2.13. The average molecular weight is 280 g/mol. The molecule has 104 valence electrons. The van der Waals surface area contributed by atoms with E-state index < -0.39 is 0 Å². The lowest BCUT2D eigenvalue weighted by Gasteiger charge is -2.15. The molecule has 1 aromatic carbocycles. The molecule has 0 aliphatic heterocycles. The van der Waals surface area contributed by atoms with Gasteiger partial charge in [-0.2, -0.15) is 0 Å². The van der Waals surface area contributed by atoms with E-state index in [2.05, 4.69) is 35.9 Å². The summed E-state index contributed by atoms with van der Waals surface area (Å²) >= 11 is 1.72. The van der Waals surface area contributed by atoms with Gasteiger partial charge < -0.3 is 4.74 Å². The highest BCUT2D eigenvalue weighted by atomic mass is 32.2. The number of hydrogen-bond acceptors (Lipinski definition) is 4. The first-order valence-electron chi connectivity index (χ1n) is 6.40. The summed E-state index contributed by atoms with van der Waals surface area (Å²) in [4.78, 5) is 22.5. The van der Waals surface area contributed by atoms with Crippen LogP contribution in [0.1, 0.15) is 31.7 Å². The summed E-state index contributed by atoms with van der Waals surface area (Å²) in [6.07, 6.45) is 2.21. The summed E-state index contributed by atoms with van der Waals surface area (Å²) in [5.41, 5.74) is 1.23. The fourth-order valence-corrected chi connectivity index (χ4v) is 3.06. The number of carbonyl (C=O) groups is 2. The predicted octanol–water partition coefficient (Wildman–Crippen LogP) is 3.39. The maximum absolute atomic E-state index is 11.3. The number of hydrogen-bond donors (Lipinski definition) is 0. The summed E-state index contributed by atoms with van der Waals surface area (Å²) in [5.74, 6) is 0.195. The molecule has 1 aromatic rings. The van der Waals surface area contributed by atoms with E-state index in [4.69, 9.17) is 0 Å². The molecule has 0 aromatic heterocycles. The minimum atomic E-state index is 0.195. The minimum Gasteiger partial charge on any atom is -0.468 e. The number of Topliss-reactive ketones (excluding diaryl/α,β-unsaturated/α-hetero) is 1. The number of ketones is 1. The van der Waals surface area contributed by atoms with Crippen LogP contribution in [0.3, 0.4) is 0 Å². The number of thioether (sulfide) groups is 1. The van der Waals surface area contributed by atoms with E-state index in [9.17, 15) is 9.59 Å². The Morgan fingerprint density at radius 1 is 1.37 bits per heavy atom. The van der Waals surface area contributed by atoms with Crippen LogP contribution >= 0.6 is 11.8 Å². The third kappa shape index (κ3) is 7.01. The maximum atomic E-state index is 11.3. The van der Waals surface area contributed by atoms with E-state index in [1.54, 1.807) is 18.7 Å². The van der Waals surface area contributed by atoms with Gasteiger partial charge in [-0.25, -0.2) is 0 Å². The SMILES string of the molecule is CC(=O)CC(CCCOC=O)Sc1ccc(C)cc1. The molecule has 0 amide bonds. The predicted molar refractivity (Wildman–Crippen MR) is 77.4 cm³/mol. The monoisotopic (exact) mass is 280 g/mol. The summed E-state index contributed by atoms with van der Waals surface area (Å²) in [7, 11) is 0. The van der Waals surface area contributed by atoms with Crippen molar-refractivity contribution in [3.8, 4) is 0 Å². The standard InChI is InChI=1S/C15H20O3S/c1-12-5-7-14(8-6-12)19-15(10-13(2)17)4-3-9-18-11-16/h5-8,11,15H,3-4,9-10H2,1-2H3. The molecule has 1 atom stereocenters. The van der Waals surface area contributed by atoms with Crippen molar-refractivity contribution >= 4 is 24.0 Å². The van der Waals surface area contributed by atoms with Gasteiger partial charge in [0.1, 0.15) is 5.78 Å². The van der Waals surface area contributed by atoms with Crippen LogP contribution in [0.25, 0.3) is 0 Å². The molecule has 0 saturated carbocycles. The van der Waals surface area contributed by atoms with Gasteiger partial charge in [-0.05, 0) is 38.8 Å². The average Bonchev–Trinajstić information content (AvgIpc) is 2.36. The molecule has 0 saturated heterocycles. The zero-order valence-corrected chi connectivity index (χ0v) is 12.2. The minimum absolute atomic E-state index is 0.195. The molecule has 0 bridgehead atoms. The molecule has 4 heteroatoms. The van der Waals surface area contributed by atoms with Crippen LogP contribution in [0.15, 0.2) is 29.2 Å². The van der Waals surface area contributed by atoms with E-state index in [1.165, 1.54) is 10.5 Å². The summed E-state index contributed by atoms with van der Waals surface area (Å²) in [5, 5.41) is 0.246. The highest BCUT2D eigenvalue weighted by molar-refractivity contribution is 8.00. The van der Waals surface area contributed by atoms with E-state index in [-0.39, 0.29) is 11.0 Å². The molecule has 0 heterocycles. The highest BCUT2D eigenvalue weighted by Crippen LogP contribution is 2.28. The van der Waals surface area contributed by atoms with Crippen molar-refractivity contribution in [3.05, 3.63) is 29.8 Å². The number of benzene rings is 1. The smallest absolute Gasteiger partial charge is 0.293 e. The van der Waals surface area contributed by atoms with Crippen molar-refractivity contribution in [2.75, 3.05) is 6.61 Å². The molecule has 0 aliphatic carbocycles. The molecule has 19 heavy (non-hydrogen) atoms. The second-order valence-electron chi connectivity index (χ2n) is 4.57. The van der Waals surface area contributed by atoms with Gasteiger partial charge in [-0.1, -0.05) is 17.7 Å². The lowest BCUT2D eigenvalue weighted by atomic mass is 10.1. The van der Waals surface area contributed by atoms with E-state index in [1.807, 2.05) is 0 Å². The van der Waals surface area contributed by atoms with Crippen LogP contribution in [-0.2, 0) is 14.3 Å². The maximum Gasteiger partial charge on any atom is 0.293 e. The normalized spacial score (nSPS) is 11.9. The Labute approximate surface area is 118 Å². The van der Waals surface area contributed by atoms with Gasteiger partial charge in [0.05, 0.1) is 6.61 Å². The van der Waals surface area contributed by atoms with Crippen LogP contribution in [0.5, 0.6) is 0 Å². The Morgan fingerprint density at radius 2 is 2.05 bits per heavy atom. The summed E-state index contributed by atoms with van der Waals surface area (Å²) < 4.78 is 4.68. The molecule has 0 fully saturated rings. The van der Waals surface area contributed by atoms with Crippen molar-refractivity contribution in [2.24, 2.45) is 0 Å². The van der Waals surface area contributed by atoms with Gasteiger partial charge in [-0.15, -0.1) is 11.8 Å². The molecule has 0 spiro atoms. The largest absolute Gasteiger partial charge is 0.468 e. The fraction of sp³-hybridized carbons (Fsp3) is 0.467. The van der Waals surface area contributed by atoms with Crippen molar-refractivity contribution in [1.82, 2.24) is 0 Å². The van der Waals surface area contributed by atoms with Gasteiger partial charge in [0, 0.05) is 16.6 Å². The Bertz CT molecular complexity index is 400. The molecule has 0 aliphatic rings. The molecule has 0 N–H and O–H groups in total. The fourth-order valence-electron chi connectivity index (χ4n) is 1.78. The van der Waals surface area contributed by atoms with Crippen LogP contribution < -0.4 is 0 Å². The Morgan fingerprint density at radius 3 is 2.63 bits per heavy atom. The van der Waals surface area contributed by atoms with E-state index in [0.29, 0.717) is 19.5 Å². The second kappa shape index (κ2) is 8.75. The van der Waals surface area contributed by atoms with Gasteiger partial charge in [0.25, 0.3) is 6.47 Å². The molecular formula is C15H20O3S. The van der Waals surface area contributed by atoms with Crippen molar-refractivity contribution < 1.29 is 14.3 Å². The van der Waals surface area contributed by atoms with E-state index in [0.717, 1.165) is 12.8 Å². The Hall–Kier alpha value is -1.29. The molecule has 1 rings (SSSR count). The number of carbonyl (C=O) groups excluding carboxylic acids is 2. The Kier molecular flexibility index (Phi) is 7.26. The molecule has 1 unspecified atom stereocenters. The second-order valence-corrected chi connectivity index (χ2v) is 5.94. The lowest BCUT2D eigenvalue weighted by molar-refractivity contribution is -0.128. The Balaban J connectivity index is 2.50. The van der Waals surface area contributed by atoms with Crippen molar-refractivity contribution in [3.63, 3.8) is 0 Å². The van der Waals surface area contributed by atoms with Gasteiger partial charge >= 0.3 is 0 Å². The first-order chi connectivity index (χ1) is 9.11. The topological polar surface area (TPSA) is 43.4 Å². The quantitative estimate of drug-likeness (QED) is 0.395. The van der Waals surface area contributed by atoms with Crippen LogP contribution in [0.2, 0.25) is 0 Å². The summed E-state index contributed by atoms with van der Waals surface area (Å²) in [6.45, 7) is 4.56. The third-order valence-electron chi connectivity index (χ3n) is 2.70. The van der Waals surface area contributed by atoms with Gasteiger partial charge in [-0.3, -0.25) is 9.59 Å². The first-order valence-corrected chi connectivity index (χ1v) is 7.28. The van der Waals surface area contributed by atoms with Crippen LogP contribution in [-0.4, -0.2) is 24.1 Å². The van der Waals surface area contributed by atoms with Crippen LogP contribution in [0.4, 0.5) is 0 Å². The molecule has 0 radical (unpaired) electrons. The zero-order chi connectivity index (χ0) is 14.1. The number of rotatable bonds is 9. The first kappa shape index (κ1) is 15.8. The number of aryl methyl sites for hydroxylation is 1. The van der Waals surface area contributed by atoms with Crippen molar-refractivity contribution in [2.45, 2.75) is 43.3 Å². The third-order valence-corrected chi connectivity index (χ3v) is 3.98. The van der Waals surface area contributed by atoms with Crippen LogP contribution in [0, 0.1) is 6.92 Å². The zero-order valence-electron chi connectivity index (χ0n) is 11.4. The van der Waals surface area contributed by atoms with Gasteiger partial charge in [0.15, 0.2) is 0 Å². The van der Waals surface area contributed by atoms with E-state index >= 15 is 0 Å². The lowest BCUT2D eigenvalue weighted by Crippen LogP contribution is -2.09. The summed E-state index contributed by atoms with van der Waals surface area (Å²) in [6, 6.07) is 8.30. The molecular weight excluding hydrogens is 260 g/mol. The van der Waals surface area contributed by atoms with Gasteiger partial charge in [0.2, 0.25) is 0 Å². The van der Waals surface area contributed by atoms with Crippen molar-refractivity contribution in [1.29, 1.82) is 0 Å². The number of ether oxygens (including phenoxy) is 1.